The van der Waals surface area contributed by atoms with Crippen molar-refractivity contribution in [2.24, 2.45) is 0 Å². The van der Waals surface area contributed by atoms with E-state index in [0.29, 0.717) is 6.29 Å². The van der Waals surface area contributed by atoms with Crippen molar-refractivity contribution < 1.29 is 18.4 Å². The Morgan fingerprint density at radius 2 is 2.13 bits per heavy atom. The van der Waals surface area contributed by atoms with Gasteiger partial charge in [0.2, 0.25) is 0 Å². The molecule has 0 saturated heterocycles. The minimum atomic E-state index is -1.15. The summed E-state index contributed by atoms with van der Waals surface area (Å²) in [5.41, 5.74) is -0.433. The number of rotatable bonds is 4. The molecule has 1 unspecified atom stereocenters. The predicted octanol–water partition coefficient (Wildman–Crippen LogP) is 2.34. The van der Waals surface area contributed by atoms with Crippen LogP contribution < -0.4 is 0 Å². The van der Waals surface area contributed by atoms with Gasteiger partial charge in [0.15, 0.2) is 5.78 Å². The summed E-state index contributed by atoms with van der Waals surface area (Å²) in [6.07, 6.45) is 0.225. The number of hydrogen-bond acceptors (Lipinski definition) is 2. The highest BCUT2D eigenvalue weighted by Crippen LogP contribution is 2.15. The molecule has 1 aromatic rings. The monoisotopic (exact) mass is 232 g/mol. The summed E-state index contributed by atoms with van der Waals surface area (Å²) >= 11 is 5.52. The van der Waals surface area contributed by atoms with Gasteiger partial charge in [-0.15, -0.1) is 11.6 Å². The number of benzene rings is 1. The lowest BCUT2D eigenvalue weighted by molar-refractivity contribution is -0.107. The van der Waals surface area contributed by atoms with E-state index in [9.17, 15) is 18.4 Å². The second kappa shape index (κ2) is 4.98. The van der Waals surface area contributed by atoms with E-state index < -0.39 is 28.4 Å². The van der Waals surface area contributed by atoms with Crippen LogP contribution in [-0.2, 0) is 4.79 Å². The van der Waals surface area contributed by atoms with Crippen molar-refractivity contribution >= 4 is 23.7 Å². The van der Waals surface area contributed by atoms with Gasteiger partial charge in [-0.3, -0.25) is 4.79 Å². The second-order valence-electron chi connectivity index (χ2n) is 2.86. The van der Waals surface area contributed by atoms with E-state index in [2.05, 4.69) is 0 Å². The Labute approximate surface area is 89.8 Å². The van der Waals surface area contributed by atoms with Gasteiger partial charge in [-0.2, -0.15) is 0 Å². The molecule has 0 radical (unpaired) electrons. The summed E-state index contributed by atoms with van der Waals surface area (Å²) < 4.78 is 25.8. The molecule has 1 aromatic carbocycles. The first-order valence-electron chi connectivity index (χ1n) is 4.13. The Balaban J connectivity index is 2.99. The van der Waals surface area contributed by atoms with Crippen molar-refractivity contribution in [2.45, 2.75) is 11.8 Å². The van der Waals surface area contributed by atoms with Crippen LogP contribution >= 0.6 is 11.6 Å². The average molecular weight is 233 g/mol. The Morgan fingerprint density at radius 3 is 2.73 bits per heavy atom. The van der Waals surface area contributed by atoms with Crippen LogP contribution in [0, 0.1) is 11.6 Å². The molecule has 0 fully saturated rings. The molecule has 0 heterocycles. The molecule has 5 heteroatoms. The Morgan fingerprint density at radius 1 is 1.47 bits per heavy atom. The fourth-order valence-electron chi connectivity index (χ4n) is 1.05. The zero-order chi connectivity index (χ0) is 11.4. The molecule has 0 amide bonds. The molecule has 0 aliphatic heterocycles. The van der Waals surface area contributed by atoms with Crippen molar-refractivity contribution in [1.29, 1.82) is 0 Å². The largest absolute Gasteiger partial charge is 0.303 e. The lowest BCUT2D eigenvalue weighted by Crippen LogP contribution is -2.16. The van der Waals surface area contributed by atoms with Gasteiger partial charge in [0, 0.05) is 6.42 Å². The molecular weight excluding hydrogens is 226 g/mol. The van der Waals surface area contributed by atoms with E-state index in [4.69, 9.17) is 11.6 Å². The summed E-state index contributed by atoms with van der Waals surface area (Å²) in [6.45, 7) is 0. The van der Waals surface area contributed by atoms with E-state index in [1.165, 1.54) is 0 Å². The van der Waals surface area contributed by atoms with Crippen LogP contribution in [0.3, 0.4) is 0 Å². The molecule has 0 aliphatic rings. The van der Waals surface area contributed by atoms with Crippen LogP contribution in [0.4, 0.5) is 8.78 Å². The van der Waals surface area contributed by atoms with Crippen molar-refractivity contribution in [1.82, 2.24) is 0 Å². The molecule has 80 valence electrons. The molecule has 0 aromatic heterocycles. The molecule has 1 rings (SSSR count). The summed E-state index contributed by atoms with van der Waals surface area (Å²) in [5.74, 6) is -2.37. The fraction of sp³-hybridized carbons (Fsp3) is 0.200. The first-order chi connectivity index (χ1) is 7.06. The summed E-state index contributed by atoms with van der Waals surface area (Å²) in [6, 6.07) is 2.50. The van der Waals surface area contributed by atoms with E-state index in [1.807, 2.05) is 0 Å². The van der Waals surface area contributed by atoms with E-state index >= 15 is 0 Å². The number of halogens is 3. The van der Waals surface area contributed by atoms with Crippen LogP contribution in [0.2, 0.25) is 0 Å². The number of aldehydes is 1. The number of ketones is 1. The summed E-state index contributed by atoms with van der Waals surface area (Å²) in [4.78, 5) is 21.5. The van der Waals surface area contributed by atoms with Gasteiger partial charge in [-0.05, 0) is 18.2 Å². The minimum absolute atomic E-state index is 0.226. The van der Waals surface area contributed by atoms with Gasteiger partial charge >= 0.3 is 0 Å². The topological polar surface area (TPSA) is 34.1 Å². The van der Waals surface area contributed by atoms with Crippen LogP contribution in [0.1, 0.15) is 16.8 Å². The Bertz CT molecular complexity index is 393. The molecule has 0 saturated carbocycles. The van der Waals surface area contributed by atoms with Crippen molar-refractivity contribution in [3.8, 4) is 0 Å². The van der Waals surface area contributed by atoms with E-state index in [-0.39, 0.29) is 6.42 Å². The number of Topliss-reactive ketones (excluding diaryl/α,β-unsaturated/α-hetero) is 1. The molecule has 0 spiro atoms. The van der Waals surface area contributed by atoms with Gasteiger partial charge in [0.25, 0.3) is 0 Å². The van der Waals surface area contributed by atoms with E-state index in [1.54, 1.807) is 0 Å². The normalized spacial score (nSPS) is 12.2. The number of alkyl halides is 1. The predicted molar refractivity (Wildman–Crippen MR) is 51.0 cm³/mol. The minimum Gasteiger partial charge on any atom is -0.303 e. The molecule has 2 nitrogen and oxygen atoms in total. The van der Waals surface area contributed by atoms with Crippen LogP contribution in [0.25, 0.3) is 0 Å². The highest BCUT2D eigenvalue weighted by Gasteiger charge is 2.20. The first kappa shape index (κ1) is 11.8. The Hall–Kier alpha value is -1.29. The van der Waals surface area contributed by atoms with Gasteiger partial charge in [0.1, 0.15) is 23.3 Å². The van der Waals surface area contributed by atoms with Gasteiger partial charge in [-0.25, -0.2) is 8.78 Å². The average Bonchev–Trinajstić information content (AvgIpc) is 2.21. The lowest BCUT2D eigenvalue weighted by atomic mass is 10.1. The maximum Gasteiger partial charge on any atom is 0.184 e. The zero-order valence-electron chi connectivity index (χ0n) is 7.54. The quantitative estimate of drug-likeness (QED) is 0.454. The molecule has 15 heavy (non-hydrogen) atoms. The number of carbonyl (C=O) groups excluding carboxylic acids is 2. The molecular formula is C10H7ClF2O2. The molecule has 0 N–H and O–H groups in total. The van der Waals surface area contributed by atoms with Gasteiger partial charge in [-0.1, -0.05) is 0 Å². The van der Waals surface area contributed by atoms with Gasteiger partial charge < -0.3 is 4.79 Å². The smallest absolute Gasteiger partial charge is 0.184 e. The Kier molecular flexibility index (Phi) is 3.91. The molecule has 1 atom stereocenters. The van der Waals surface area contributed by atoms with Crippen molar-refractivity contribution in [3.05, 3.63) is 35.4 Å². The summed E-state index contributed by atoms with van der Waals surface area (Å²) in [5, 5.41) is -1.15. The first-order valence-corrected chi connectivity index (χ1v) is 4.57. The third-order valence-corrected chi connectivity index (χ3v) is 2.16. The molecule has 0 aliphatic carbocycles. The highest BCUT2D eigenvalue weighted by atomic mass is 35.5. The maximum absolute atomic E-state index is 13.1. The van der Waals surface area contributed by atoms with Crippen molar-refractivity contribution in [3.63, 3.8) is 0 Å². The third-order valence-electron chi connectivity index (χ3n) is 1.78. The lowest BCUT2D eigenvalue weighted by Gasteiger charge is -2.05. The maximum atomic E-state index is 13.1. The standard InChI is InChI=1S/C10H7ClF2O2/c11-8(3-4-14)10(15)7-5-6(12)1-2-9(7)13/h1-2,4-5,8H,3H2. The summed E-state index contributed by atoms with van der Waals surface area (Å²) in [7, 11) is 0. The zero-order valence-corrected chi connectivity index (χ0v) is 8.30. The number of carbonyl (C=O) groups is 2. The second-order valence-corrected chi connectivity index (χ2v) is 3.39. The highest BCUT2D eigenvalue weighted by molar-refractivity contribution is 6.34. The fourth-order valence-corrected chi connectivity index (χ4v) is 1.24. The number of hydrogen-bond donors (Lipinski definition) is 0. The van der Waals surface area contributed by atoms with Crippen molar-refractivity contribution in [2.75, 3.05) is 0 Å². The van der Waals surface area contributed by atoms with Crippen LogP contribution in [0.15, 0.2) is 18.2 Å². The van der Waals surface area contributed by atoms with Crippen LogP contribution in [0.5, 0.6) is 0 Å². The third kappa shape index (κ3) is 2.83. The molecule has 0 bridgehead atoms. The van der Waals surface area contributed by atoms with Crippen LogP contribution in [-0.4, -0.2) is 17.4 Å². The SMILES string of the molecule is O=CCC(Cl)C(=O)c1cc(F)ccc1F. The van der Waals surface area contributed by atoms with E-state index in [0.717, 1.165) is 18.2 Å². The van der Waals surface area contributed by atoms with Gasteiger partial charge in [0.05, 0.1) is 5.56 Å².